The largest absolute Gasteiger partial charge is 0.462 e. The molecule has 1 amide bonds. The summed E-state index contributed by atoms with van der Waals surface area (Å²) in [5, 5.41) is 2.55. The Morgan fingerprint density at radius 3 is 2.46 bits per heavy atom. The highest BCUT2D eigenvalue weighted by atomic mass is 32.2. The lowest BCUT2D eigenvalue weighted by molar-refractivity contribution is -0.116. The molecule has 1 N–H and O–H groups in total. The zero-order chi connectivity index (χ0) is 20.9. The maximum absolute atomic E-state index is 14.1. The second-order valence-electron chi connectivity index (χ2n) is 5.98. The summed E-state index contributed by atoms with van der Waals surface area (Å²) in [6, 6.07) is 10.1. The molecule has 0 spiro atoms. The summed E-state index contributed by atoms with van der Waals surface area (Å²) in [7, 11) is -3.95. The molecule has 0 saturated carbocycles. The predicted molar refractivity (Wildman–Crippen MR) is 104 cm³/mol. The minimum Gasteiger partial charge on any atom is -0.462 e. The number of benzene rings is 2. The molecule has 7 nitrogen and oxygen atoms in total. The van der Waals surface area contributed by atoms with Crippen LogP contribution in [-0.2, 0) is 19.6 Å². The van der Waals surface area contributed by atoms with Crippen LogP contribution in [0.4, 0.5) is 15.8 Å². The summed E-state index contributed by atoms with van der Waals surface area (Å²) in [5.41, 5.74) is 0.290. The van der Waals surface area contributed by atoms with Gasteiger partial charge in [-0.25, -0.2) is 17.6 Å². The zero-order valence-corrected chi connectivity index (χ0v) is 16.5. The second kappa shape index (κ2) is 8.83. The van der Waals surface area contributed by atoms with E-state index in [0.717, 1.165) is 12.3 Å². The number of esters is 1. The number of hydrogen-bond acceptors (Lipinski definition) is 5. The maximum atomic E-state index is 14.1. The molecule has 0 aliphatic heterocycles. The third-order valence-corrected chi connectivity index (χ3v) is 5.05. The summed E-state index contributed by atoms with van der Waals surface area (Å²) >= 11 is 0. The van der Waals surface area contributed by atoms with Gasteiger partial charge < -0.3 is 10.1 Å². The van der Waals surface area contributed by atoms with Gasteiger partial charge in [-0.05, 0) is 44.2 Å². The molecule has 2 aromatic rings. The van der Waals surface area contributed by atoms with E-state index < -0.39 is 33.8 Å². The number of anilines is 2. The first-order chi connectivity index (χ1) is 13.1. The number of amides is 1. The highest BCUT2D eigenvalue weighted by Gasteiger charge is 2.31. The number of carbonyl (C=O) groups excluding carboxylic acids is 2. The van der Waals surface area contributed by atoms with E-state index in [0.29, 0.717) is 4.31 Å². The Bertz CT molecular complexity index is 978. The van der Waals surface area contributed by atoms with Gasteiger partial charge in [0, 0.05) is 5.69 Å². The fraction of sp³-hybridized carbons (Fsp3) is 0.263. The molecule has 0 fully saturated rings. The molecule has 0 bridgehead atoms. The number of ether oxygens (including phenoxy) is 1. The van der Waals surface area contributed by atoms with Crippen molar-refractivity contribution >= 4 is 33.3 Å². The molecule has 2 aromatic carbocycles. The number of hydrogen-bond donors (Lipinski definition) is 1. The summed E-state index contributed by atoms with van der Waals surface area (Å²) in [5.74, 6) is -2.00. The number of carbonyl (C=O) groups is 2. The molecule has 0 radical (unpaired) electrons. The standard InChI is InChI=1S/C19H21FN2O5S/c1-4-27-19(24)14-8-7-9-15(12-14)21-18(23)13(2)22(28(3,25)26)17-11-6-5-10-16(17)20/h5-13H,4H2,1-3H3,(H,21,23)/t13-/m0/s1. The SMILES string of the molecule is CCOC(=O)c1cccc(NC(=O)[C@H](C)N(c2ccccc2F)S(C)(=O)=O)c1. The normalized spacial score (nSPS) is 12.1. The number of para-hydroxylation sites is 1. The van der Waals surface area contributed by atoms with E-state index in [9.17, 15) is 22.4 Å². The summed E-state index contributed by atoms with van der Waals surface area (Å²) in [6.45, 7) is 3.23. The fourth-order valence-electron chi connectivity index (χ4n) is 2.60. The molecule has 0 unspecified atom stereocenters. The second-order valence-corrected chi connectivity index (χ2v) is 7.84. The molecular weight excluding hydrogens is 387 g/mol. The average Bonchev–Trinajstić information content (AvgIpc) is 2.62. The molecule has 0 aliphatic rings. The van der Waals surface area contributed by atoms with Gasteiger partial charge in [0.05, 0.1) is 24.1 Å². The Balaban J connectivity index is 2.28. The Kier molecular flexibility index (Phi) is 6.74. The summed E-state index contributed by atoms with van der Waals surface area (Å²) in [6.07, 6.45) is 0.893. The number of rotatable bonds is 7. The van der Waals surface area contributed by atoms with Crippen LogP contribution in [0.1, 0.15) is 24.2 Å². The van der Waals surface area contributed by atoms with E-state index in [2.05, 4.69) is 5.32 Å². The van der Waals surface area contributed by atoms with E-state index in [1.807, 2.05) is 0 Å². The molecule has 1 atom stereocenters. The van der Waals surface area contributed by atoms with Crippen LogP contribution in [0.25, 0.3) is 0 Å². The number of halogens is 1. The zero-order valence-electron chi connectivity index (χ0n) is 15.7. The molecule has 28 heavy (non-hydrogen) atoms. The monoisotopic (exact) mass is 408 g/mol. The van der Waals surface area contributed by atoms with Gasteiger partial charge in [-0.3, -0.25) is 9.10 Å². The van der Waals surface area contributed by atoms with Gasteiger partial charge in [0.2, 0.25) is 15.9 Å². The van der Waals surface area contributed by atoms with Crippen molar-refractivity contribution < 1.29 is 27.1 Å². The third kappa shape index (κ3) is 5.07. The first-order valence-corrected chi connectivity index (χ1v) is 10.3. The predicted octanol–water partition coefficient (Wildman–Crippen LogP) is 2.80. The van der Waals surface area contributed by atoms with E-state index >= 15 is 0 Å². The third-order valence-electron chi connectivity index (χ3n) is 3.82. The Labute approximate surface area is 163 Å². The van der Waals surface area contributed by atoms with Crippen molar-refractivity contribution in [1.29, 1.82) is 0 Å². The highest BCUT2D eigenvalue weighted by Crippen LogP contribution is 2.24. The van der Waals surface area contributed by atoms with Crippen LogP contribution < -0.4 is 9.62 Å². The lowest BCUT2D eigenvalue weighted by atomic mass is 10.2. The van der Waals surface area contributed by atoms with Crippen molar-refractivity contribution in [3.63, 3.8) is 0 Å². The average molecular weight is 408 g/mol. The van der Waals surface area contributed by atoms with Gasteiger partial charge in [-0.1, -0.05) is 18.2 Å². The fourth-order valence-corrected chi connectivity index (χ4v) is 3.77. The Morgan fingerprint density at radius 2 is 1.86 bits per heavy atom. The molecule has 0 aliphatic carbocycles. The maximum Gasteiger partial charge on any atom is 0.338 e. The molecule has 2 rings (SSSR count). The molecular formula is C19H21FN2O5S. The van der Waals surface area contributed by atoms with Crippen LogP contribution >= 0.6 is 0 Å². The van der Waals surface area contributed by atoms with Gasteiger partial charge >= 0.3 is 5.97 Å². The highest BCUT2D eigenvalue weighted by molar-refractivity contribution is 7.92. The Hall–Kier alpha value is -2.94. The molecule has 0 aromatic heterocycles. The van der Waals surface area contributed by atoms with Gasteiger partial charge in [-0.15, -0.1) is 0 Å². The lowest BCUT2D eigenvalue weighted by Gasteiger charge is -2.28. The van der Waals surface area contributed by atoms with Gasteiger partial charge in [-0.2, -0.15) is 0 Å². The van der Waals surface area contributed by atoms with Crippen LogP contribution in [0.15, 0.2) is 48.5 Å². The van der Waals surface area contributed by atoms with Crippen molar-refractivity contribution in [2.45, 2.75) is 19.9 Å². The van der Waals surface area contributed by atoms with Crippen molar-refractivity contribution in [3.8, 4) is 0 Å². The topological polar surface area (TPSA) is 92.8 Å². The van der Waals surface area contributed by atoms with Crippen molar-refractivity contribution in [2.24, 2.45) is 0 Å². The Morgan fingerprint density at radius 1 is 1.18 bits per heavy atom. The van der Waals surface area contributed by atoms with Crippen molar-refractivity contribution in [2.75, 3.05) is 22.5 Å². The summed E-state index contributed by atoms with van der Waals surface area (Å²) in [4.78, 5) is 24.5. The molecule has 0 saturated heterocycles. The minimum absolute atomic E-state index is 0.207. The van der Waals surface area contributed by atoms with E-state index in [1.54, 1.807) is 19.1 Å². The van der Waals surface area contributed by atoms with E-state index in [1.165, 1.54) is 37.3 Å². The van der Waals surface area contributed by atoms with Crippen LogP contribution in [0.5, 0.6) is 0 Å². The number of nitrogens with zero attached hydrogens (tertiary/aromatic N) is 1. The summed E-state index contributed by atoms with van der Waals surface area (Å²) < 4.78 is 44.2. The quantitative estimate of drug-likeness (QED) is 0.711. The van der Waals surface area contributed by atoms with Crippen LogP contribution in [-0.4, -0.2) is 39.2 Å². The van der Waals surface area contributed by atoms with Gasteiger partial charge in [0.25, 0.3) is 0 Å². The van der Waals surface area contributed by atoms with Crippen molar-refractivity contribution in [1.82, 2.24) is 0 Å². The number of sulfonamides is 1. The van der Waals surface area contributed by atoms with Crippen molar-refractivity contribution in [3.05, 3.63) is 59.9 Å². The minimum atomic E-state index is -3.95. The van der Waals surface area contributed by atoms with E-state index in [-0.39, 0.29) is 23.5 Å². The molecule has 0 heterocycles. The van der Waals surface area contributed by atoms with Crippen LogP contribution in [0, 0.1) is 5.82 Å². The lowest BCUT2D eigenvalue weighted by Crippen LogP contribution is -2.45. The molecule has 9 heteroatoms. The smallest absolute Gasteiger partial charge is 0.338 e. The van der Waals surface area contributed by atoms with Crippen LogP contribution in [0.3, 0.4) is 0 Å². The molecule has 150 valence electrons. The van der Waals surface area contributed by atoms with Crippen LogP contribution in [0.2, 0.25) is 0 Å². The number of nitrogens with one attached hydrogen (secondary N) is 1. The van der Waals surface area contributed by atoms with Gasteiger partial charge in [0.1, 0.15) is 11.9 Å². The van der Waals surface area contributed by atoms with Gasteiger partial charge in [0.15, 0.2) is 0 Å². The first kappa shape index (κ1) is 21.4. The first-order valence-electron chi connectivity index (χ1n) is 8.47. The van der Waals surface area contributed by atoms with E-state index in [4.69, 9.17) is 4.74 Å².